The molecule has 6 heteroatoms. The topological polar surface area (TPSA) is 76.7 Å². The van der Waals surface area contributed by atoms with Crippen molar-refractivity contribution < 1.29 is 19.1 Å². The molecule has 1 aliphatic rings. The third-order valence-corrected chi connectivity index (χ3v) is 4.81. The fraction of sp³-hybridized carbons (Fsp3) is 0.364. The lowest BCUT2D eigenvalue weighted by Crippen LogP contribution is -2.32. The number of nitrogens with one attached hydrogen (secondary N) is 2. The molecular weight excluding hydrogens is 356 g/mol. The first-order valence-corrected chi connectivity index (χ1v) is 9.51. The molecule has 1 heterocycles. The zero-order chi connectivity index (χ0) is 19.9. The number of amides is 2. The SMILES string of the molecule is Cc1ccc(OCC(=O)Nc2ccccc2C(=O)NC[C@@H]2CCCO2)cc1C. The highest BCUT2D eigenvalue weighted by Crippen LogP contribution is 2.18. The summed E-state index contributed by atoms with van der Waals surface area (Å²) in [6.45, 7) is 5.10. The van der Waals surface area contributed by atoms with E-state index in [0.29, 0.717) is 23.5 Å². The molecule has 148 valence electrons. The number of rotatable bonds is 7. The van der Waals surface area contributed by atoms with E-state index in [4.69, 9.17) is 9.47 Å². The van der Waals surface area contributed by atoms with Gasteiger partial charge in [-0.05, 0) is 62.1 Å². The highest BCUT2D eigenvalue weighted by molar-refractivity contribution is 6.04. The summed E-state index contributed by atoms with van der Waals surface area (Å²) < 4.78 is 11.1. The summed E-state index contributed by atoms with van der Waals surface area (Å²) >= 11 is 0. The second-order valence-corrected chi connectivity index (χ2v) is 6.97. The summed E-state index contributed by atoms with van der Waals surface area (Å²) in [5, 5.41) is 5.64. The van der Waals surface area contributed by atoms with Gasteiger partial charge in [-0.3, -0.25) is 9.59 Å². The van der Waals surface area contributed by atoms with Gasteiger partial charge in [-0.25, -0.2) is 0 Å². The molecule has 2 N–H and O–H groups in total. The van der Waals surface area contributed by atoms with Crippen molar-refractivity contribution in [3.05, 3.63) is 59.2 Å². The predicted octanol–water partition coefficient (Wildman–Crippen LogP) is 3.23. The van der Waals surface area contributed by atoms with Crippen LogP contribution in [0.1, 0.15) is 34.3 Å². The molecule has 0 saturated carbocycles. The van der Waals surface area contributed by atoms with Gasteiger partial charge in [0.15, 0.2) is 6.61 Å². The molecular formula is C22H26N2O4. The maximum absolute atomic E-state index is 12.5. The minimum atomic E-state index is -0.322. The van der Waals surface area contributed by atoms with Gasteiger partial charge in [-0.15, -0.1) is 0 Å². The van der Waals surface area contributed by atoms with Gasteiger partial charge >= 0.3 is 0 Å². The molecule has 1 fully saturated rings. The monoisotopic (exact) mass is 382 g/mol. The maximum Gasteiger partial charge on any atom is 0.262 e. The quantitative estimate of drug-likeness (QED) is 0.771. The Bertz CT molecular complexity index is 844. The van der Waals surface area contributed by atoms with Crippen LogP contribution >= 0.6 is 0 Å². The molecule has 1 saturated heterocycles. The molecule has 28 heavy (non-hydrogen) atoms. The average molecular weight is 382 g/mol. The van der Waals surface area contributed by atoms with E-state index in [0.717, 1.165) is 25.0 Å². The number of aryl methyl sites for hydroxylation is 2. The van der Waals surface area contributed by atoms with Gasteiger partial charge in [0.2, 0.25) is 0 Å². The standard InChI is InChI=1S/C22H26N2O4/c1-15-9-10-17(12-16(15)2)28-14-21(25)24-20-8-4-3-7-19(20)22(26)23-13-18-6-5-11-27-18/h3-4,7-10,12,18H,5-6,11,13-14H2,1-2H3,(H,23,26)(H,24,25)/t18-/m0/s1. The van der Waals surface area contributed by atoms with Crippen LogP contribution in [-0.4, -0.2) is 37.7 Å². The highest BCUT2D eigenvalue weighted by atomic mass is 16.5. The van der Waals surface area contributed by atoms with Crippen LogP contribution in [0, 0.1) is 13.8 Å². The Morgan fingerprint density at radius 3 is 2.71 bits per heavy atom. The number of ether oxygens (including phenoxy) is 2. The van der Waals surface area contributed by atoms with Gasteiger partial charge in [0.1, 0.15) is 5.75 Å². The van der Waals surface area contributed by atoms with E-state index in [2.05, 4.69) is 10.6 Å². The van der Waals surface area contributed by atoms with Crippen molar-refractivity contribution in [1.29, 1.82) is 0 Å². The summed E-state index contributed by atoms with van der Waals surface area (Å²) in [6.07, 6.45) is 2.04. The van der Waals surface area contributed by atoms with Crippen LogP contribution in [0.2, 0.25) is 0 Å². The normalized spacial score (nSPS) is 15.9. The van der Waals surface area contributed by atoms with Crippen molar-refractivity contribution in [2.24, 2.45) is 0 Å². The van der Waals surface area contributed by atoms with Crippen LogP contribution in [-0.2, 0) is 9.53 Å². The van der Waals surface area contributed by atoms with Crippen molar-refractivity contribution in [1.82, 2.24) is 5.32 Å². The fourth-order valence-electron chi connectivity index (χ4n) is 3.04. The molecule has 0 unspecified atom stereocenters. The minimum absolute atomic E-state index is 0.0667. The van der Waals surface area contributed by atoms with Crippen LogP contribution in [0.25, 0.3) is 0 Å². The molecule has 2 amide bonds. The molecule has 0 aromatic heterocycles. The molecule has 3 rings (SSSR count). The Morgan fingerprint density at radius 2 is 1.96 bits per heavy atom. The first-order chi connectivity index (χ1) is 13.5. The number of para-hydroxylation sites is 1. The Hall–Kier alpha value is -2.86. The Labute approximate surface area is 165 Å². The first-order valence-electron chi connectivity index (χ1n) is 9.51. The van der Waals surface area contributed by atoms with Crippen LogP contribution < -0.4 is 15.4 Å². The first kappa shape index (κ1) is 19.9. The number of carbonyl (C=O) groups is 2. The van der Waals surface area contributed by atoms with Gasteiger partial charge in [0.25, 0.3) is 11.8 Å². The molecule has 0 aliphatic carbocycles. The van der Waals surface area contributed by atoms with E-state index in [1.807, 2.05) is 32.0 Å². The van der Waals surface area contributed by atoms with Gasteiger partial charge < -0.3 is 20.1 Å². The Balaban J connectivity index is 1.56. The summed E-state index contributed by atoms with van der Waals surface area (Å²) in [7, 11) is 0. The van der Waals surface area contributed by atoms with Crippen molar-refractivity contribution in [3.8, 4) is 5.75 Å². The predicted molar refractivity (Wildman–Crippen MR) is 108 cm³/mol. The number of hydrogen-bond acceptors (Lipinski definition) is 4. The summed E-state index contributed by atoms with van der Waals surface area (Å²) in [6, 6.07) is 12.6. The summed E-state index contributed by atoms with van der Waals surface area (Å²) in [5.41, 5.74) is 3.15. The van der Waals surface area contributed by atoms with Crippen molar-refractivity contribution >= 4 is 17.5 Å². The van der Waals surface area contributed by atoms with E-state index in [1.54, 1.807) is 24.3 Å². The number of hydrogen-bond donors (Lipinski definition) is 2. The van der Waals surface area contributed by atoms with Gasteiger partial charge in [0, 0.05) is 13.2 Å². The lowest BCUT2D eigenvalue weighted by Gasteiger charge is -2.14. The van der Waals surface area contributed by atoms with Gasteiger partial charge in [0.05, 0.1) is 17.4 Å². The Morgan fingerprint density at radius 1 is 1.14 bits per heavy atom. The molecule has 0 bridgehead atoms. The number of benzene rings is 2. The second-order valence-electron chi connectivity index (χ2n) is 6.97. The maximum atomic E-state index is 12.5. The largest absolute Gasteiger partial charge is 0.484 e. The van der Waals surface area contributed by atoms with Gasteiger partial charge in [-0.2, -0.15) is 0 Å². The molecule has 2 aromatic carbocycles. The van der Waals surface area contributed by atoms with E-state index in [1.165, 1.54) is 5.56 Å². The smallest absolute Gasteiger partial charge is 0.262 e. The second kappa shape index (κ2) is 9.37. The Kier molecular flexibility index (Phi) is 6.66. The van der Waals surface area contributed by atoms with E-state index >= 15 is 0 Å². The third kappa shape index (κ3) is 5.33. The number of carbonyl (C=O) groups excluding carboxylic acids is 2. The lowest BCUT2D eigenvalue weighted by atomic mass is 10.1. The van der Waals surface area contributed by atoms with Gasteiger partial charge in [-0.1, -0.05) is 18.2 Å². The molecule has 6 nitrogen and oxygen atoms in total. The molecule has 1 atom stereocenters. The minimum Gasteiger partial charge on any atom is -0.484 e. The molecule has 0 radical (unpaired) electrons. The zero-order valence-electron chi connectivity index (χ0n) is 16.3. The summed E-state index contributed by atoms with van der Waals surface area (Å²) in [4.78, 5) is 24.8. The highest BCUT2D eigenvalue weighted by Gasteiger charge is 2.18. The van der Waals surface area contributed by atoms with E-state index < -0.39 is 0 Å². The summed E-state index contributed by atoms with van der Waals surface area (Å²) in [5.74, 6) is 0.0833. The molecule has 1 aliphatic heterocycles. The third-order valence-electron chi connectivity index (χ3n) is 4.81. The van der Waals surface area contributed by atoms with Crippen molar-refractivity contribution in [2.75, 3.05) is 25.1 Å². The number of anilines is 1. The molecule has 2 aromatic rings. The lowest BCUT2D eigenvalue weighted by molar-refractivity contribution is -0.118. The van der Waals surface area contributed by atoms with Crippen molar-refractivity contribution in [3.63, 3.8) is 0 Å². The van der Waals surface area contributed by atoms with Crippen molar-refractivity contribution in [2.45, 2.75) is 32.8 Å². The fourth-order valence-corrected chi connectivity index (χ4v) is 3.04. The average Bonchev–Trinajstić information content (AvgIpc) is 3.21. The molecule has 0 spiro atoms. The van der Waals surface area contributed by atoms with Crippen LogP contribution in [0.15, 0.2) is 42.5 Å². The van der Waals surface area contributed by atoms with E-state index in [-0.39, 0.29) is 24.5 Å². The van der Waals surface area contributed by atoms with E-state index in [9.17, 15) is 9.59 Å². The van der Waals surface area contributed by atoms with Crippen LogP contribution in [0.4, 0.5) is 5.69 Å². The zero-order valence-corrected chi connectivity index (χ0v) is 16.3. The van der Waals surface area contributed by atoms with Crippen LogP contribution in [0.3, 0.4) is 0 Å². The van der Waals surface area contributed by atoms with Crippen LogP contribution in [0.5, 0.6) is 5.75 Å².